The van der Waals surface area contributed by atoms with Crippen LogP contribution in [0.25, 0.3) is 0 Å². The summed E-state index contributed by atoms with van der Waals surface area (Å²) in [6.07, 6.45) is 3.65. The summed E-state index contributed by atoms with van der Waals surface area (Å²) in [6.45, 7) is 12.5. The highest BCUT2D eigenvalue weighted by atomic mass is 15.1. The summed E-state index contributed by atoms with van der Waals surface area (Å²) in [5, 5.41) is 3.48. The lowest BCUT2D eigenvalue weighted by Crippen LogP contribution is -2.36. The van der Waals surface area contributed by atoms with Gasteiger partial charge in [-0.25, -0.2) is 0 Å². The van der Waals surface area contributed by atoms with Crippen LogP contribution in [-0.2, 0) is 6.42 Å². The minimum Gasteiger partial charge on any atom is -0.312 e. The van der Waals surface area contributed by atoms with E-state index in [-0.39, 0.29) is 0 Å². The molecule has 2 unspecified atom stereocenters. The standard InChI is InChI=1S/C19H34N2/c1-6-9-17-10-12-18(13-11-17)19(20-5)15-21(8-3)14-16(4)7-2/h10-13,16,19-20H,6-9,14-15H2,1-5H3. The molecule has 0 aliphatic heterocycles. The first kappa shape index (κ1) is 18.2. The van der Waals surface area contributed by atoms with E-state index in [1.807, 2.05) is 0 Å². The van der Waals surface area contributed by atoms with Crippen LogP contribution in [0.15, 0.2) is 24.3 Å². The lowest BCUT2D eigenvalue weighted by Gasteiger charge is -2.28. The van der Waals surface area contributed by atoms with Gasteiger partial charge in [0.2, 0.25) is 0 Å². The SMILES string of the molecule is CCCc1ccc(C(CN(CC)CC(C)CC)NC)cc1. The van der Waals surface area contributed by atoms with Gasteiger partial charge in [0, 0.05) is 19.1 Å². The van der Waals surface area contributed by atoms with Crippen LogP contribution in [-0.4, -0.2) is 31.6 Å². The predicted octanol–water partition coefficient (Wildman–Crippen LogP) is 4.27. The van der Waals surface area contributed by atoms with Crippen LogP contribution in [0, 0.1) is 5.92 Å². The van der Waals surface area contributed by atoms with Gasteiger partial charge in [-0.05, 0) is 37.1 Å². The smallest absolute Gasteiger partial charge is 0.0446 e. The molecule has 2 heteroatoms. The molecule has 0 radical (unpaired) electrons. The van der Waals surface area contributed by atoms with Crippen molar-refractivity contribution in [2.45, 2.75) is 53.0 Å². The van der Waals surface area contributed by atoms with Crippen LogP contribution < -0.4 is 5.32 Å². The number of hydrogen-bond acceptors (Lipinski definition) is 2. The van der Waals surface area contributed by atoms with Gasteiger partial charge in [0.05, 0.1) is 0 Å². The molecule has 0 fully saturated rings. The van der Waals surface area contributed by atoms with E-state index in [1.54, 1.807) is 0 Å². The number of rotatable bonds is 10. The van der Waals surface area contributed by atoms with E-state index in [0.29, 0.717) is 6.04 Å². The largest absolute Gasteiger partial charge is 0.312 e. The first-order chi connectivity index (χ1) is 10.1. The lowest BCUT2D eigenvalue weighted by atomic mass is 10.0. The van der Waals surface area contributed by atoms with Crippen molar-refractivity contribution in [2.75, 3.05) is 26.7 Å². The van der Waals surface area contributed by atoms with Crippen molar-refractivity contribution in [3.8, 4) is 0 Å². The Hall–Kier alpha value is -0.860. The van der Waals surface area contributed by atoms with E-state index in [4.69, 9.17) is 0 Å². The maximum Gasteiger partial charge on any atom is 0.0446 e. The zero-order valence-corrected chi connectivity index (χ0v) is 14.7. The summed E-state index contributed by atoms with van der Waals surface area (Å²) >= 11 is 0. The van der Waals surface area contributed by atoms with E-state index in [1.165, 1.54) is 36.9 Å². The summed E-state index contributed by atoms with van der Waals surface area (Å²) in [6, 6.07) is 9.58. The molecule has 1 aromatic carbocycles. The molecule has 1 rings (SSSR count). The van der Waals surface area contributed by atoms with Crippen LogP contribution >= 0.6 is 0 Å². The maximum atomic E-state index is 3.48. The quantitative estimate of drug-likeness (QED) is 0.692. The third-order valence-corrected chi connectivity index (χ3v) is 4.42. The van der Waals surface area contributed by atoms with Gasteiger partial charge in [0.15, 0.2) is 0 Å². The van der Waals surface area contributed by atoms with Crippen molar-refractivity contribution in [3.63, 3.8) is 0 Å². The van der Waals surface area contributed by atoms with Gasteiger partial charge in [-0.15, -0.1) is 0 Å². The molecule has 2 nitrogen and oxygen atoms in total. The molecule has 1 N–H and O–H groups in total. The summed E-state index contributed by atoms with van der Waals surface area (Å²) in [7, 11) is 2.07. The molecule has 0 heterocycles. The van der Waals surface area contributed by atoms with Gasteiger partial charge >= 0.3 is 0 Å². The van der Waals surface area contributed by atoms with Crippen LogP contribution in [0.5, 0.6) is 0 Å². The molecule has 0 aliphatic rings. The molecule has 0 aliphatic carbocycles. The summed E-state index contributed by atoms with van der Waals surface area (Å²) in [5.41, 5.74) is 2.85. The van der Waals surface area contributed by atoms with Crippen LogP contribution in [0.2, 0.25) is 0 Å². The highest BCUT2D eigenvalue weighted by Gasteiger charge is 2.15. The molecule has 0 saturated carbocycles. The van der Waals surface area contributed by atoms with Crippen LogP contribution in [0.3, 0.4) is 0 Å². The van der Waals surface area contributed by atoms with Crippen molar-refractivity contribution in [1.82, 2.24) is 10.2 Å². The predicted molar refractivity (Wildman–Crippen MR) is 93.8 cm³/mol. The Morgan fingerprint density at radius 3 is 2.19 bits per heavy atom. The number of benzene rings is 1. The molecular formula is C19H34N2. The molecule has 0 saturated heterocycles. The molecule has 0 spiro atoms. The molecule has 21 heavy (non-hydrogen) atoms. The van der Waals surface area contributed by atoms with Gasteiger partial charge in [0.25, 0.3) is 0 Å². The van der Waals surface area contributed by atoms with E-state index >= 15 is 0 Å². The molecular weight excluding hydrogens is 256 g/mol. The Labute approximate surface area is 131 Å². The van der Waals surface area contributed by atoms with Gasteiger partial charge in [0.1, 0.15) is 0 Å². The number of hydrogen-bond donors (Lipinski definition) is 1. The molecule has 1 aromatic rings. The van der Waals surface area contributed by atoms with E-state index in [9.17, 15) is 0 Å². The van der Waals surface area contributed by atoms with Crippen molar-refractivity contribution < 1.29 is 0 Å². The van der Waals surface area contributed by atoms with Crippen LogP contribution in [0.4, 0.5) is 0 Å². The summed E-state index contributed by atoms with van der Waals surface area (Å²) in [5.74, 6) is 0.773. The fraction of sp³-hybridized carbons (Fsp3) is 0.684. The third-order valence-electron chi connectivity index (χ3n) is 4.42. The minimum atomic E-state index is 0.421. The number of nitrogens with zero attached hydrogens (tertiary/aromatic N) is 1. The monoisotopic (exact) mass is 290 g/mol. The summed E-state index contributed by atoms with van der Waals surface area (Å²) in [4.78, 5) is 2.56. The zero-order valence-electron chi connectivity index (χ0n) is 14.7. The van der Waals surface area contributed by atoms with Crippen molar-refractivity contribution in [3.05, 3.63) is 35.4 Å². The van der Waals surface area contributed by atoms with Crippen LogP contribution in [0.1, 0.15) is 57.7 Å². The highest BCUT2D eigenvalue weighted by Crippen LogP contribution is 2.17. The van der Waals surface area contributed by atoms with Gasteiger partial charge < -0.3 is 10.2 Å². The molecule has 0 aromatic heterocycles. The van der Waals surface area contributed by atoms with Gasteiger partial charge in [-0.3, -0.25) is 0 Å². The van der Waals surface area contributed by atoms with Crippen molar-refractivity contribution in [2.24, 2.45) is 5.92 Å². The second kappa shape index (κ2) is 9.97. The Balaban J connectivity index is 2.67. The number of nitrogens with one attached hydrogen (secondary N) is 1. The number of likely N-dealkylation sites (N-methyl/N-ethyl adjacent to an activating group) is 2. The average Bonchev–Trinajstić information content (AvgIpc) is 2.52. The lowest BCUT2D eigenvalue weighted by molar-refractivity contribution is 0.223. The summed E-state index contributed by atoms with van der Waals surface area (Å²) < 4.78 is 0. The number of aryl methyl sites for hydroxylation is 1. The Bertz CT molecular complexity index is 372. The fourth-order valence-corrected chi connectivity index (χ4v) is 2.73. The first-order valence-electron chi connectivity index (χ1n) is 8.62. The average molecular weight is 290 g/mol. The Morgan fingerprint density at radius 1 is 1.05 bits per heavy atom. The van der Waals surface area contributed by atoms with Crippen molar-refractivity contribution in [1.29, 1.82) is 0 Å². The van der Waals surface area contributed by atoms with Gasteiger partial charge in [-0.1, -0.05) is 64.8 Å². The molecule has 120 valence electrons. The van der Waals surface area contributed by atoms with Crippen molar-refractivity contribution >= 4 is 0 Å². The Morgan fingerprint density at radius 2 is 1.71 bits per heavy atom. The van der Waals surface area contributed by atoms with Gasteiger partial charge in [-0.2, -0.15) is 0 Å². The second-order valence-electron chi connectivity index (χ2n) is 6.20. The molecule has 0 amide bonds. The topological polar surface area (TPSA) is 15.3 Å². The minimum absolute atomic E-state index is 0.421. The third kappa shape index (κ3) is 6.19. The first-order valence-corrected chi connectivity index (χ1v) is 8.62. The van der Waals surface area contributed by atoms with E-state index < -0.39 is 0 Å². The second-order valence-corrected chi connectivity index (χ2v) is 6.20. The molecule has 0 bridgehead atoms. The molecule has 2 atom stereocenters. The fourth-order valence-electron chi connectivity index (χ4n) is 2.73. The zero-order chi connectivity index (χ0) is 15.7. The van der Waals surface area contributed by atoms with E-state index in [0.717, 1.165) is 19.0 Å². The van der Waals surface area contributed by atoms with E-state index in [2.05, 4.69) is 69.2 Å². The Kier molecular flexibility index (Phi) is 8.63. The highest BCUT2D eigenvalue weighted by molar-refractivity contribution is 5.25. The maximum absolute atomic E-state index is 3.48. The normalized spacial score (nSPS) is 14.4.